The molecule has 27 heavy (non-hydrogen) atoms. The summed E-state index contributed by atoms with van der Waals surface area (Å²) in [5.74, 6) is 2.08. The van der Waals surface area contributed by atoms with Gasteiger partial charge in [0.1, 0.15) is 5.82 Å². The Morgan fingerprint density at radius 1 is 1.33 bits per heavy atom. The number of piperidine rings is 1. The van der Waals surface area contributed by atoms with E-state index < -0.39 is 0 Å². The van der Waals surface area contributed by atoms with E-state index in [0.717, 1.165) is 37.4 Å². The highest BCUT2D eigenvalue weighted by molar-refractivity contribution is 5.94. The molecule has 1 aromatic carbocycles. The van der Waals surface area contributed by atoms with Gasteiger partial charge in [0.2, 0.25) is 0 Å². The number of tetrazole rings is 1. The molecule has 0 saturated carbocycles. The Morgan fingerprint density at radius 3 is 3.00 bits per heavy atom. The zero-order chi connectivity index (χ0) is 18.8. The molecule has 1 atom stereocenters. The first-order chi connectivity index (χ1) is 13.2. The first kappa shape index (κ1) is 17.4. The average molecular weight is 365 g/mol. The first-order valence-corrected chi connectivity index (χ1v) is 9.33. The van der Waals surface area contributed by atoms with Crippen LogP contribution in [0.4, 0.5) is 0 Å². The lowest BCUT2D eigenvalue weighted by Gasteiger charge is -2.32. The van der Waals surface area contributed by atoms with Crippen LogP contribution in [0.1, 0.15) is 47.7 Å². The molecule has 3 heterocycles. The van der Waals surface area contributed by atoms with Crippen molar-refractivity contribution in [3.05, 3.63) is 53.9 Å². The fraction of sp³-hybridized carbons (Fsp3) is 0.421. The van der Waals surface area contributed by atoms with E-state index in [-0.39, 0.29) is 11.8 Å². The summed E-state index contributed by atoms with van der Waals surface area (Å²) in [7, 11) is 0. The second kappa shape index (κ2) is 7.30. The van der Waals surface area contributed by atoms with Crippen molar-refractivity contribution < 1.29 is 4.79 Å². The molecule has 0 unspecified atom stereocenters. The van der Waals surface area contributed by atoms with Gasteiger partial charge in [-0.25, -0.2) is 4.98 Å². The van der Waals surface area contributed by atoms with E-state index in [2.05, 4.69) is 32.0 Å². The number of rotatable bonds is 4. The van der Waals surface area contributed by atoms with Gasteiger partial charge in [-0.15, -0.1) is 5.10 Å². The maximum Gasteiger partial charge on any atom is 0.253 e. The maximum absolute atomic E-state index is 13.1. The number of imidazole rings is 1. The zero-order valence-electron chi connectivity index (χ0n) is 15.6. The molecule has 0 radical (unpaired) electrons. The second-order valence-corrected chi connectivity index (χ2v) is 6.85. The second-order valence-electron chi connectivity index (χ2n) is 6.85. The molecule has 1 amide bonds. The molecule has 0 N–H and O–H groups in total. The van der Waals surface area contributed by atoms with Gasteiger partial charge >= 0.3 is 0 Å². The van der Waals surface area contributed by atoms with Crippen LogP contribution in [-0.4, -0.2) is 53.7 Å². The first-order valence-electron chi connectivity index (χ1n) is 9.33. The number of nitrogens with zero attached hydrogens (tertiary/aromatic N) is 7. The number of likely N-dealkylation sites (tertiary alicyclic amines) is 1. The minimum absolute atomic E-state index is 0.0434. The van der Waals surface area contributed by atoms with Gasteiger partial charge in [0, 0.05) is 43.5 Å². The highest BCUT2D eigenvalue weighted by Gasteiger charge is 2.28. The van der Waals surface area contributed by atoms with Gasteiger partial charge in [-0.1, -0.05) is 6.07 Å². The van der Waals surface area contributed by atoms with Crippen LogP contribution in [-0.2, 0) is 6.54 Å². The molecule has 0 bridgehead atoms. The fourth-order valence-electron chi connectivity index (χ4n) is 3.74. The topological polar surface area (TPSA) is 81.7 Å². The Balaban J connectivity index is 1.55. The normalized spacial score (nSPS) is 17.3. The van der Waals surface area contributed by atoms with Crippen molar-refractivity contribution in [2.45, 2.75) is 39.2 Å². The van der Waals surface area contributed by atoms with Crippen molar-refractivity contribution in [3.8, 4) is 5.69 Å². The third kappa shape index (κ3) is 3.34. The molecule has 2 aromatic heterocycles. The quantitative estimate of drug-likeness (QED) is 0.708. The fourth-order valence-corrected chi connectivity index (χ4v) is 3.74. The number of carbonyl (C=O) groups excluding carboxylic acids is 1. The van der Waals surface area contributed by atoms with Crippen molar-refractivity contribution in [2.24, 2.45) is 0 Å². The molecule has 8 heteroatoms. The zero-order valence-corrected chi connectivity index (χ0v) is 15.6. The van der Waals surface area contributed by atoms with Crippen molar-refractivity contribution in [1.82, 2.24) is 34.7 Å². The van der Waals surface area contributed by atoms with Gasteiger partial charge in [0.05, 0.1) is 5.69 Å². The number of benzene rings is 1. The van der Waals surface area contributed by atoms with Crippen LogP contribution in [0.2, 0.25) is 0 Å². The average Bonchev–Trinajstić information content (AvgIpc) is 3.36. The van der Waals surface area contributed by atoms with Crippen LogP contribution in [0, 0.1) is 6.92 Å². The highest BCUT2D eigenvalue weighted by Crippen LogP contribution is 2.27. The smallest absolute Gasteiger partial charge is 0.253 e. The molecular weight excluding hydrogens is 342 g/mol. The Hall–Kier alpha value is -3.03. The SMILES string of the molecule is CCn1ccnc1[C@H]1CCCN(C(=O)c2cccc(-n3nnnc3C)c2)C1. The predicted octanol–water partition coefficient (Wildman–Crippen LogP) is 2.21. The van der Waals surface area contributed by atoms with Crippen molar-refractivity contribution in [3.63, 3.8) is 0 Å². The van der Waals surface area contributed by atoms with Crippen LogP contribution in [0.3, 0.4) is 0 Å². The molecule has 1 aliphatic rings. The lowest BCUT2D eigenvalue weighted by atomic mass is 9.96. The van der Waals surface area contributed by atoms with E-state index in [4.69, 9.17) is 0 Å². The molecule has 1 fully saturated rings. The Labute approximate surface area is 157 Å². The third-order valence-electron chi connectivity index (χ3n) is 5.13. The van der Waals surface area contributed by atoms with Gasteiger partial charge in [-0.3, -0.25) is 4.79 Å². The summed E-state index contributed by atoms with van der Waals surface area (Å²) < 4.78 is 3.80. The number of amides is 1. The van der Waals surface area contributed by atoms with Crippen molar-refractivity contribution in [2.75, 3.05) is 13.1 Å². The standard InChI is InChI=1S/C19H23N7O/c1-3-24-11-9-20-18(24)16-7-5-10-25(13-16)19(27)15-6-4-8-17(12-15)26-14(2)21-22-23-26/h4,6,8-9,11-12,16H,3,5,7,10,13H2,1-2H3/t16-/m0/s1. The lowest BCUT2D eigenvalue weighted by molar-refractivity contribution is 0.0703. The summed E-state index contributed by atoms with van der Waals surface area (Å²) in [4.78, 5) is 19.6. The molecule has 3 aromatic rings. The predicted molar refractivity (Wildman–Crippen MR) is 99.7 cm³/mol. The molecule has 4 rings (SSSR count). The van der Waals surface area contributed by atoms with Crippen LogP contribution in [0.5, 0.6) is 0 Å². The van der Waals surface area contributed by atoms with E-state index >= 15 is 0 Å². The number of aromatic nitrogens is 6. The van der Waals surface area contributed by atoms with Gasteiger partial charge in [0.15, 0.2) is 5.82 Å². The molecule has 0 spiro atoms. The molecule has 0 aliphatic carbocycles. The van der Waals surface area contributed by atoms with E-state index in [1.165, 1.54) is 0 Å². The van der Waals surface area contributed by atoms with Crippen LogP contribution < -0.4 is 0 Å². The van der Waals surface area contributed by atoms with E-state index in [1.807, 2.05) is 48.5 Å². The minimum Gasteiger partial charge on any atom is -0.338 e. The van der Waals surface area contributed by atoms with Crippen molar-refractivity contribution >= 4 is 5.91 Å². The van der Waals surface area contributed by atoms with Crippen LogP contribution in [0.15, 0.2) is 36.7 Å². The van der Waals surface area contributed by atoms with Gasteiger partial charge < -0.3 is 9.47 Å². The molecular formula is C19H23N7O. The summed E-state index contributed by atoms with van der Waals surface area (Å²) >= 11 is 0. The number of hydrogen-bond acceptors (Lipinski definition) is 5. The Morgan fingerprint density at radius 2 is 2.22 bits per heavy atom. The monoisotopic (exact) mass is 365 g/mol. The largest absolute Gasteiger partial charge is 0.338 e. The van der Waals surface area contributed by atoms with E-state index in [1.54, 1.807) is 4.68 Å². The van der Waals surface area contributed by atoms with E-state index in [0.29, 0.717) is 17.9 Å². The van der Waals surface area contributed by atoms with Crippen LogP contribution in [0.25, 0.3) is 5.69 Å². The number of carbonyl (C=O) groups is 1. The molecule has 1 saturated heterocycles. The third-order valence-corrected chi connectivity index (χ3v) is 5.13. The summed E-state index contributed by atoms with van der Waals surface area (Å²) in [6.45, 7) is 6.32. The number of aryl methyl sites for hydroxylation is 2. The summed E-state index contributed by atoms with van der Waals surface area (Å²) in [6.07, 6.45) is 5.90. The van der Waals surface area contributed by atoms with E-state index in [9.17, 15) is 4.79 Å². The Bertz CT molecular complexity index is 945. The lowest BCUT2D eigenvalue weighted by Crippen LogP contribution is -2.39. The molecule has 1 aliphatic heterocycles. The van der Waals surface area contributed by atoms with Crippen molar-refractivity contribution in [1.29, 1.82) is 0 Å². The maximum atomic E-state index is 13.1. The molecule has 140 valence electrons. The molecule has 8 nitrogen and oxygen atoms in total. The minimum atomic E-state index is 0.0434. The summed E-state index contributed by atoms with van der Waals surface area (Å²) in [6, 6.07) is 7.47. The van der Waals surface area contributed by atoms with Gasteiger partial charge in [-0.05, 0) is 55.3 Å². The summed E-state index contributed by atoms with van der Waals surface area (Å²) in [5, 5.41) is 11.6. The van der Waals surface area contributed by atoms with Gasteiger partial charge in [0.25, 0.3) is 5.91 Å². The van der Waals surface area contributed by atoms with Crippen LogP contribution >= 0.6 is 0 Å². The summed E-state index contributed by atoms with van der Waals surface area (Å²) in [5.41, 5.74) is 1.44. The number of hydrogen-bond donors (Lipinski definition) is 0. The Kier molecular flexibility index (Phi) is 4.70. The van der Waals surface area contributed by atoms with Gasteiger partial charge in [-0.2, -0.15) is 4.68 Å². The highest BCUT2D eigenvalue weighted by atomic mass is 16.2.